The minimum absolute atomic E-state index is 0.349. The Morgan fingerprint density at radius 2 is 2.00 bits per heavy atom. The van der Waals surface area contributed by atoms with Gasteiger partial charge in [0.25, 0.3) is 0 Å². The zero-order chi connectivity index (χ0) is 11.5. The molecule has 0 unspecified atom stereocenters. The normalized spacial score (nSPS) is 12.5. The van der Waals surface area contributed by atoms with Crippen LogP contribution in [-0.4, -0.2) is 25.6 Å². The molecular weight excluding hydrogens is 216 g/mol. The van der Waals surface area contributed by atoms with Crippen LogP contribution in [0, 0.1) is 0 Å². The summed E-state index contributed by atoms with van der Waals surface area (Å²) in [5, 5.41) is 11.7. The molecule has 0 spiro atoms. The summed E-state index contributed by atoms with van der Waals surface area (Å²) in [5.74, 6) is 0. The van der Waals surface area contributed by atoms with E-state index < -0.39 is 10.0 Å². The van der Waals surface area contributed by atoms with Gasteiger partial charge in [0.05, 0.1) is 17.7 Å². The quantitative estimate of drug-likeness (QED) is 0.464. The van der Waals surface area contributed by atoms with Gasteiger partial charge in [0.15, 0.2) is 0 Å². The van der Waals surface area contributed by atoms with Gasteiger partial charge in [0, 0.05) is 5.56 Å². The van der Waals surface area contributed by atoms with Gasteiger partial charge in [0.1, 0.15) is 0 Å². The van der Waals surface area contributed by atoms with Gasteiger partial charge >= 0.3 is 0 Å². The van der Waals surface area contributed by atoms with E-state index in [4.69, 9.17) is 5.21 Å². The van der Waals surface area contributed by atoms with E-state index in [2.05, 4.69) is 9.88 Å². The average molecular weight is 228 g/mol. The van der Waals surface area contributed by atoms with Crippen molar-refractivity contribution in [2.75, 3.05) is 11.0 Å². The highest BCUT2D eigenvalue weighted by molar-refractivity contribution is 7.92. The molecule has 1 aromatic carbocycles. The number of para-hydroxylation sites is 1. The number of hydrogen-bond donors (Lipinski definition) is 2. The van der Waals surface area contributed by atoms with E-state index in [1.165, 1.54) is 0 Å². The summed E-state index contributed by atoms with van der Waals surface area (Å²) in [4.78, 5) is 0. The minimum atomic E-state index is -3.33. The first kappa shape index (κ1) is 11.5. The summed E-state index contributed by atoms with van der Waals surface area (Å²) in [6.45, 7) is 1.59. The maximum absolute atomic E-state index is 11.1. The zero-order valence-electron chi connectivity index (χ0n) is 8.43. The highest BCUT2D eigenvalue weighted by atomic mass is 32.2. The van der Waals surface area contributed by atoms with Crippen LogP contribution in [0.15, 0.2) is 29.4 Å². The number of benzene rings is 1. The van der Waals surface area contributed by atoms with Crippen LogP contribution in [0.5, 0.6) is 0 Å². The molecule has 0 radical (unpaired) electrons. The first-order valence-corrected chi connectivity index (χ1v) is 6.09. The first-order chi connectivity index (χ1) is 6.94. The van der Waals surface area contributed by atoms with Gasteiger partial charge in [0.2, 0.25) is 10.0 Å². The smallest absolute Gasteiger partial charge is 0.229 e. The minimum Gasteiger partial charge on any atom is -0.411 e. The number of nitrogens with zero attached hydrogens (tertiary/aromatic N) is 1. The van der Waals surface area contributed by atoms with Crippen LogP contribution >= 0.6 is 0 Å². The molecule has 0 aromatic heterocycles. The van der Waals surface area contributed by atoms with E-state index >= 15 is 0 Å². The van der Waals surface area contributed by atoms with Crippen molar-refractivity contribution >= 4 is 21.4 Å². The van der Waals surface area contributed by atoms with Gasteiger partial charge < -0.3 is 5.21 Å². The number of hydrogen-bond acceptors (Lipinski definition) is 4. The Kier molecular flexibility index (Phi) is 3.31. The van der Waals surface area contributed by atoms with Crippen LogP contribution in [-0.2, 0) is 10.0 Å². The lowest BCUT2D eigenvalue weighted by Gasteiger charge is -2.08. The topological polar surface area (TPSA) is 78.8 Å². The van der Waals surface area contributed by atoms with Crippen LogP contribution in [0.1, 0.15) is 12.5 Å². The Balaban J connectivity index is 3.19. The van der Waals surface area contributed by atoms with Crippen molar-refractivity contribution in [3.05, 3.63) is 29.8 Å². The summed E-state index contributed by atoms with van der Waals surface area (Å²) in [6, 6.07) is 6.70. The standard InChI is InChI=1S/C9H12N2O3S/c1-7(10-12)8-5-3-4-6-9(8)11-15(2,13)14/h3-6,11-12H,1-2H3/b10-7-. The molecule has 0 atom stereocenters. The third-order valence-corrected chi connectivity index (χ3v) is 2.35. The van der Waals surface area contributed by atoms with Crippen molar-refractivity contribution in [2.24, 2.45) is 5.16 Å². The zero-order valence-corrected chi connectivity index (χ0v) is 9.25. The molecule has 0 fully saturated rings. The number of sulfonamides is 1. The third-order valence-electron chi connectivity index (χ3n) is 1.76. The van der Waals surface area contributed by atoms with E-state index in [1.54, 1.807) is 31.2 Å². The fraction of sp³-hybridized carbons (Fsp3) is 0.222. The molecule has 0 heterocycles. The highest BCUT2D eigenvalue weighted by Gasteiger charge is 2.08. The van der Waals surface area contributed by atoms with Gasteiger partial charge in [-0.2, -0.15) is 0 Å². The molecule has 82 valence electrons. The molecule has 6 heteroatoms. The van der Waals surface area contributed by atoms with E-state index in [9.17, 15) is 8.42 Å². The maximum Gasteiger partial charge on any atom is 0.229 e. The second-order valence-corrected chi connectivity index (χ2v) is 4.85. The summed E-state index contributed by atoms with van der Waals surface area (Å²) in [6.07, 6.45) is 1.06. The number of oxime groups is 1. The summed E-state index contributed by atoms with van der Waals surface area (Å²) in [5.41, 5.74) is 1.29. The van der Waals surface area contributed by atoms with Crippen molar-refractivity contribution in [3.8, 4) is 0 Å². The third kappa shape index (κ3) is 3.25. The lowest BCUT2D eigenvalue weighted by atomic mass is 10.1. The van der Waals surface area contributed by atoms with Crippen LogP contribution < -0.4 is 4.72 Å². The van der Waals surface area contributed by atoms with Crippen molar-refractivity contribution in [1.29, 1.82) is 0 Å². The van der Waals surface area contributed by atoms with Crippen LogP contribution in [0.25, 0.3) is 0 Å². The fourth-order valence-corrected chi connectivity index (χ4v) is 1.72. The molecule has 0 amide bonds. The van der Waals surface area contributed by atoms with Crippen molar-refractivity contribution in [2.45, 2.75) is 6.92 Å². The van der Waals surface area contributed by atoms with Gasteiger partial charge in [-0.1, -0.05) is 23.4 Å². The van der Waals surface area contributed by atoms with Gasteiger partial charge in [-0.3, -0.25) is 4.72 Å². The predicted molar refractivity (Wildman–Crippen MR) is 58.9 cm³/mol. The molecule has 0 saturated carbocycles. The Labute approximate surface area is 88.5 Å². The van der Waals surface area contributed by atoms with Crippen LogP contribution in [0.4, 0.5) is 5.69 Å². The number of rotatable bonds is 3. The molecule has 15 heavy (non-hydrogen) atoms. The molecule has 0 aliphatic carbocycles. The van der Waals surface area contributed by atoms with E-state index in [1.807, 2.05) is 0 Å². The second kappa shape index (κ2) is 4.31. The van der Waals surface area contributed by atoms with E-state index in [0.717, 1.165) is 6.26 Å². The Morgan fingerprint density at radius 1 is 1.40 bits per heavy atom. The second-order valence-electron chi connectivity index (χ2n) is 3.11. The lowest BCUT2D eigenvalue weighted by Crippen LogP contribution is -2.12. The molecule has 1 aromatic rings. The average Bonchev–Trinajstić information content (AvgIpc) is 2.15. The number of anilines is 1. The molecule has 2 N–H and O–H groups in total. The van der Waals surface area contributed by atoms with Crippen LogP contribution in [0.3, 0.4) is 0 Å². The van der Waals surface area contributed by atoms with E-state index in [-0.39, 0.29) is 0 Å². The van der Waals surface area contributed by atoms with Gasteiger partial charge in [-0.15, -0.1) is 0 Å². The molecule has 1 rings (SSSR count). The summed E-state index contributed by atoms with van der Waals surface area (Å²) < 4.78 is 24.4. The van der Waals surface area contributed by atoms with Crippen molar-refractivity contribution < 1.29 is 13.6 Å². The van der Waals surface area contributed by atoms with E-state index in [0.29, 0.717) is 17.0 Å². The van der Waals surface area contributed by atoms with Crippen LogP contribution in [0.2, 0.25) is 0 Å². The van der Waals surface area contributed by atoms with Gasteiger partial charge in [-0.05, 0) is 13.0 Å². The van der Waals surface area contributed by atoms with Gasteiger partial charge in [-0.25, -0.2) is 8.42 Å². The first-order valence-electron chi connectivity index (χ1n) is 4.20. The van der Waals surface area contributed by atoms with Crippen molar-refractivity contribution in [1.82, 2.24) is 0 Å². The molecule has 0 aliphatic heterocycles. The summed E-state index contributed by atoms with van der Waals surface area (Å²) in [7, 11) is -3.33. The Morgan fingerprint density at radius 3 is 2.53 bits per heavy atom. The maximum atomic E-state index is 11.1. The Bertz CT molecular complexity index is 480. The fourth-order valence-electron chi connectivity index (χ4n) is 1.14. The molecule has 0 aliphatic rings. The highest BCUT2D eigenvalue weighted by Crippen LogP contribution is 2.16. The monoisotopic (exact) mass is 228 g/mol. The SMILES string of the molecule is C/C(=N/O)c1ccccc1NS(C)(=O)=O. The molecular formula is C9H12N2O3S. The molecule has 0 bridgehead atoms. The largest absolute Gasteiger partial charge is 0.411 e. The molecule has 0 saturated heterocycles. The Hall–Kier alpha value is -1.56. The molecule has 5 nitrogen and oxygen atoms in total. The van der Waals surface area contributed by atoms with Crippen molar-refractivity contribution in [3.63, 3.8) is 0 Å². The lowest BCUT2D eigenvalue weighted by molar-refractivity contribution is 0.319. The summed E-state index contributed by atoms with van der Waals surface area (Å²) >= 11 is 0. The number of nitrogens with one attached hydrogen (secondary N) is 1. The predicted octanol–water partition coefficient (Wildman–Crippen LogP) is 1.26.